The molecule has 0 aromatic carbocycles. The molecule has 0 spiro atoms. The Morgan fingerprint density at radius 2 is 2.12 bits per heavy atom. The van der Waals surface area contributed by atoms with Crippen LogP contribution in [-0.2, 0) is 4.57 Å². The van der Waals surface area contributed by atoms with E-state index in [-0.39, 0.29) is 29.6 Å². The molecule has 1 unspecified atom stereocenters. The minimum absolute atomic E-state index is 0. The Kier molecular flexibility index (Phi) is 11.9. The van der Waals surface area contributed by atoms with Crippen molar-refractivity contribution < 1.29 is 39.0 Å². The summed E-state index contributed by atoms with van der Waals surface area (Å²) in [5.74, 6) is 0. The first kappa shape index (κ1) is 11.8. The van der Waals surface area contributed by atoms with Crippen molar-refractivity contribution >= 4 is 8.03 Å². The van der Waals surface area contributed by atoms with Crippen LogP contribution in [0.4, 0.5) is 0 Å². The molecule has 0 heterocycles. The minimum atomic E-state index is -2.11. The Morgan fingerprint density at radius 3 is 2.25 bits per heavy atom. The summed E-state index contributed by atoms with van der Waals surface area (Å²) in [5.41, 5.74) is 0. The monoisotopic (exact) mass is 143 g/mol. The molecule has 0 bridgehead atoms. The Hall–Kier alpha value is 1.06. The van der Waals surface area contributed by atoms with Gasteiger partial charge in [-0.05, 0) is 6.42 Å². The molecule has 0 N–H and O–H groups in total. The van der Waals surface area contributed by atoms with Gasteiger partial charge in [0.15, 0.2) is 0 Å². The standard InChI is InChI=1S/C4H9O2P.Na/c1-2-3-4-7(5)6;/h2-4H2,1H3;/q;+1. The molecule has 4 heteroatoms. The van der Waals surface area contributed by atoms with Gasteiger partial charge in [0.25, 0.3) is 0 Å². The van der Waals surface area contributed by atoms with E-state index in [1.54, 1.807) is 0 Å². The molecule has 0 aliphatic heterocycles. The Bertz CT molecular complexity index is 67.1. The molecule has 0 aromatic rings. The maximum absolute atomic E-state index is 9.80. The third kappa shape index (κ3) is 10.1. The minimum Gasteiger partial charge on any atom is -0.596 e. The van der Waals surface area contributed by atoms with E-state index >= 15 is 0 Å². The van der Waals surface area contributed by atoms with Gasteiger partial charge in [0.2, 0.25) is 0 Å². The smallest absolute Gasteiger partial charge is 0.596 e. The second-order valence-corrected chi connectivity index (χ2v) is 2.52. The maximum atomic E-state index is 9.80. The third-order valence-corrected chi connectivity index (χ3v) is 1.38. The Labute approximate surface area is 72.8 Å². The number of unbranched alkanes of at least 4 members (excludes halogenated alkanes) is 1. The molecule has 0 saturated heterocycles. The van der Waals surface area contributed by atoms with Gasteiger partial charge in [-0.1, -0.05) is 17.9 Å². The van der Waals surface area contributed by atoms with E-state index in [2.05, 4.69) is 0 Å². The van der Waals surface area contributed by atoms with Crippen LogP contribution in [0.5, 0.6) is 0 Å². The van der Waals surface area contributed by atoms with Gasteiger partial charge < -0.3 is 4.89 Å². The Morgan fingerprint density at radius 1 is 1.62 bits per heavy atom. The van der Waals surface area contributed by atoms with Crippen molar-refractivity contribution in [1.82, 2.24) is 0 Å². The zero-order valence-electron chi connectivity index (χ0n) is 5.39. The third-order valence-electron chi connectivity index (χ3n) is 0.694. The molecule has 8 heavy (non-hydrogen) atoms. The Balaban J connectivity index is 0. The van der Waals surface area contributed by atoms with E-state index in [0.29, 0.717) is 6.16 Å². The predicted octanol–water partition coefficient (Wildman–Crippen LogP) is -2.11. The molecule has 0 fully saturated rings. The van der Waals surface area contributed by atoms with E-state index < -0.39 is 8.03 Å². The molecular weight excluding hydrogens is 134 g/mol. The van der Waals surface area contributed by atoms with Crippen LogP contribution in [0.2, 0.25) is 0 Å². The van der Waals surface area contributed by atoms with Crippen LogP contribution in [0, 0.1) is 0 Å². The van der Waals surface area contributed by atoms with Crippen molar-refractivity contribution in [1.29, 1.82) is 0 Å². The van der Waals surface area contributed by atoms with Crippen molar-refractivity contribution in [3.63, 3.8) is 0 Å². The van der Waals surface area contributed by atoms with E-state index in [4.69, 9.17) is 0 Å². The first-order valence-electron chi connectivity index (χ1n) is 2.39. The summed E-state index contributed by atoms with van der Waals surface area (Å²) >= 11 is 0. The van der Waals surface area contributed by atoms with Gasteiger partial charge in [-0.15, -0.1) is 0 Å². The van der Waals surface area contributed by atoms with E-state index in [0.717, 1.165) is 12.8 Å². The summed E-state index contributed by atoms with van der Waals surface area (Å²) in [6, 6.07) is 0. The SMILES string of the molecule is CCCC[P+](=O)[O-].[Na+]. The number of hydrogen-bond acceptors (Lipinski definition) is 2. The summed E-state index contributed by atoms with van der Waals surface area (Å²) < 4.78 is 9.80. The number of hydrogen-bond donors (Lipinski definition) is 0. The molecule has 0 aliphatic carbocycles. The quantitative estimate of drug-likeness (QED) is 0.335. The van der Waals surface area contributed by atoms with Crippen molar-refractivity contribution in [2.24, 2.45) is 0 Å². The van der Waals surface area contributed by atoms with Gasteiger partial charge in [-0.3, -0.25) is 0 Å². The van der Waals surface area contributed by atoms with Gasteiger partial charge in [-0.25, -0.2) is 0 Å². The van der Waals surface area contributed by atoms with Crippen LogP contribution in [0.1, 0.15) is 19.8 Å². The molecule has 0 aliphatic rings. The van der Waals surface area contributed by atoms with E-state index in [1.165, 1.54) is 0 Å². The van der Waals surface area contributed by atoms with Gasteiger partial charge in [0, 0.05) is 0 Å². The first-order chi connectivity index (χ1) is 3.27. The van der Waals surface area contributed by atoms with E-state index in [1.807, 2.05) is 6.92 Å². The molecule has 1 atom stereocenters. The van der Waals surface area contributed by atoms with Gasteiger partial charge in [0.1, 0.15) is 6.16 Å². The van der Waals surface area contributed by atoms with Crippen LogP contribution in [0.15, 0.2) is 0 Å². The van der Waals surface area contributed by atoms with Crippen molar-refractivity contribution in [2.75, 3.05) is 6.16 Å². The predicted molar refractivity (Wildman–Crippen MR) is 27.4 cm³/mol. The van der Waals surface area contributed by atoms with Crippen LogP contribution in [0.25, 0.3) is 0 Å². The topological polar surface area (TPSA) is 40.1 Å². The van der Waals surface area contributed by atoms with Crippen LogP contribution in [0.3, 0.4) is 0 Å². The second kappa shape index (κ2) is 8.06. The fraction of sp³-hybridized carbons (Fsp3) is 1.00. The van der Waals surface area contributed by atoms with Crippen molar-refractivity contribution in [3.05, 3.63) is 0 Å². The molecule has 0 aromatic heterocycles. The fourth-order valence-electron chi connectivity index (χ4n) is 0.287. The summed E-state index contributed by atoms with van der Waals surface area (Å²) in [7, 11) is -2.11. The molecule has 42 valence electrons. The number of rotatable bonds is 3. The van der Waals surface area contributed by atoms with Crippen LogP contribution < -0.4 is 34.5 Å². The largest absolute Gasteiger partial charge is 1.00 e. The molecule has 0 rings (SSSR count). The van der Waals surface area contributed by atoms with E-state index in [9.17, 15) is 9.46 Å². The average molecular weight is 143 g/mol. The maximum Gasteiger partial charge on any atom is 1.00 e. The molecule has 0 saturated carbocycles. The van der Waals surface area contributed by atoms with Crippen molar-refractivity contribution in [3.8, 4) is 0 Å². The zero-order valence-corrected chi connectivity index (χ0v) is 8.28. The van der Waals surface area contributed by atoms with Crippen LogP contribution >= 0.6 is 8.03 Å². The summed E-state index contributed by atoms with van der Waals surface area (Å²) in [6.07, 6.45) is 2.12. The summed E-state index contributed by atoms with van der Waals surface area (Å²) in [4.78, 5) is 9.80. The zero-order chi connectivity index (χ0) is 5.70. The second-order valence-electron chi connectivity index (χ2n) is 1.41. The van der Waals surface area contributed by atoms with Crippen LogP contribution in [-0.4, -0.2) is 6.16 Å². The normalized spacial score (nSPS) is 10.0. The average Bonchev–Trinajstić information content (AvgIpc) is 1.61. The molecule has 0 amide bonds. The summed E-state index contributed by atoms with van der Waals surface area (Å²) in [5, 5.41) is 0. The first-order valence-corrected chi connectivity index (χ1v) is 3.75. The van der Waals surface area contributed by atoms with Gasteiger partial charge >= 0.3 is 37.6 Å². The molecular formula is C4H9NaO2P+. The summed E-state index contributed by atoms with van der Waals surface area (Å²) in [6.45, 7) is 1.97. The molecule has 0 radical (unpaired) electrons. The van der Waals surface area contributed by atoms with Gasteiger partial charge in [0.05, 0.1) is 0 Å². The van der Waals surface area contributed by atoms with Crippen molar-refractivity contribution in [2.45, 2.75) is 19.8 Å². The van der Waals surface area contributed by atoms with Gasteiger partial charge in [-0.2, -0.15) is 0 Å². The fourth-order valence-corrected chi connectivity index (χ4v) is 0.862. The molecule has 2 nitrogen and oxygen atoms in total.